The van der Waals surface area contributed by atoms with Crippen LogP contribution in [-0.2, 0) is 0 Å². The van der Waals surface area contributed by atoms with E-state index in [1.807, 2.05) is 6.20 Å². The van der Waals surface area contributed by atoms with E-state index in [0.29, 0.717) is 11.5 Å². The molecule has 0 saturated heterocycles. The highest BCUT2D eigenvalue weighted by Gasteiger charge is 2.36. The van der Waals surface area contributed by atoms with Gasteiger partial charge in [-0.25, -0.2) is 0 Å². The Morgan fingerprint density at radius 2 is 2.00 bits per heavy atom. The Bertz CT molecular complexity index is 394. The van der Waals surface area contributed by atoms with Gasteiger partial charge in [-0.05, 0) is 49.3 Å². The van der Waals surface area contributed by atoms with Crippen LogP contribution in [0.3, 0.4) is 0 Å². The van der Waals surface area contributed by atoms with Crippen molar-refractivity contribution in [2.24, 2.45) is 5.41 Å². The van der Waals surface area contributed by atoms with Gasteiger partial charge in [0.1, 0.15) is 0 Å². The van der Waals surface area contributed by atoms with E-state index in [1.54, 1.807) is 0 Å². The third-order valence-electron chi connectivity index (χ3n) is 4.52. The smallest absolute Gasteiger partial charge is 0.0389 e. The molecular formula is C17H28N2. The second-order valence-corrected chi connectivity index (χ2v) is 6.40. The van der Waals surface area contributed by atoms with Crippen LogP contribution >= 0.6 is 0 Å². The molecule has 2 heteroatoms. The van der Waals surface area contributed by atoms with Gasteiger partial charge < -0.3 is 5.32 Å². The van der Waals surface area contributed by atoms with Crippen LogP contribution in [0.1, 0.15) is 69.5 Å². The molecule has 0 aromatic carbocycles. The third-order valence-corrected chi connectivity index (χ3v) is 4.52. The van der Waals surface area contributed by atoms with Gasteiger partial charge in [0, 0.05) is 18.4 Å². The molecule has 1 saturated carbocycles. The summed E-state index contributed by atoms with van der Waals surface area (Å²) in [7, 11) is 0. The number of aryl methyl sites for hydroxylation is 1. The van der Waals surface area contributed by atoms with Gasteiger partial charge in [0.05, 0.1) is 0 Å². The van der Waals surface area contributed by atoms with Gasteiger partial charge in [0.15, 0.2) is 0 Å². The molecule has 1 aromatic rings. The van der Waals surface area contributed by atoms with E-state index in [9.17, 15) is 0 Å². The highest BCUT2D eigenvalue weighted by molar-refractivity contribution is 5.22. The average Bonchev–Trinajstić information content (AvgIpc) is 2.40. The summed E-state index contributed by atoms with van der Waals surface area (Å²) in [5.41, 5.74) is 3.03. The van der Waals surface area contributed by atoms with E-state index >= 15 is 0 Å². The minimum atomic E-state index is 0.392. The van der Waals surface area contributed by atoms with Crippen molar-refractivity contribution < 1.29 is 0 Å². The fraction of sp³-hybridized carbons (Fsp3) is 0.706. The number of pyridine rings is 1. The maximum absolute atomic E-state index is 4.40. The van der Waals surface area contributed by atoms with Crippen molar-refractivity contribution in [1.29, 1.82) is 0 Å². The molecule has 1 atom stereocenters. The molecule has 0 amide bonds. The van der Waals surface area contributed by atoms with Crippen LogP contribution in [0, 0.1) is 12.3 Å². The van der Waals surface area contributed by atoms with E-state index in [-0.39, 0.29) is 0 Å². The van der Waals surface area contributed by atoms with Crippen molar-refractivity contribution in [3.63, 3.8) is 0 Å². The van der Waals surface area contributed by atoms with Crippen LogP contribution in [0.5, 0.6) is 0 Å². The zero-order valence-electron chi connectivity index (χ0n) is 12.7. The lowest BCUT2D eigenvalue weighted by atomic mass is 9.68. The first-order chi connectivity index (χ1) is 9.15. The highest BCUT2D eigenvalue weighted by atomic mass is 14.9. The Labute approximate surface area is 118 Å². The van der Waals surface area contributed by atoms with Crippen molar-refractivity contribution in [2.75, 3.05) is 6.54 Å². The first-order valence-corrected chi connectivity index (χ1v) is 7.80. The molecular weight excluding hydrogens is 232 g/mol. The second kappa shape index (κ2) is 6.51. The van der Waals surface area contributed by atoms with E-state index in [2.05, 4.69) is 43.3 Å². The van der Waals surface area contributed by atoms with Crippen molar-refractivity contribution in [1.82, 2.24) is 10.3 Å². The molecule has 1 aliphatic carbocycles. The van der Waals surface area contributed by atoms with E-state index in [1.165, 1.54) is 49.7 Å². The number of nitrogens with zero attached hydrogens (tertiary/aromatic N) is 1. The molecule has 2 nitrogen and oxygen atoms in total. The van der Waals surface area contributed by atoms with Crippen LogP contribution in [-0.4, -0.2) is 11.5 Å². The number of rotatable bonds is 5. The molecule has 0 aliphatic heterocycles. The summed E-state index contributed by atoms with van der Waals surface area (Å²) < 4.78 is 0. The van der Waals surface area contributed by atoms with Gasteiger partial charge in [-0.1, -0.05) is 39.2 Å². The third kappa shape index (κ3) is 3.56. The number of hydrogen-bond acceptors (Lipinski definition) is 2. The summed E-state index contributed by atoms with van der Waals surface area (Å²) in [6.45, 7) is 7.92. The maximum atomic E-state index is 4.40. The lowest BCUT2D eigenvalue weighted by molar-refractivity contribution is 0.144. The largest absolute Gasteiger partial charge is 0.309 e. The first-order valence-electron chi connectivity index (χ1n) is 7.80. The second-order valence-electron chi connectivity index (χ2n) is 6.40. The molecule has 2 rings (SSSR count). The molecule has 1 aliphatic rings. The van der Waals surface area contributed by atoms with Gasteiger partial charge in [0.2, 0.25) is 0 Å². The predicted octanol–water partition coefficient (Wildman–Crippen LogP) is 4.40. The van der Waals surface area contributed by atoms with Gasteiger partial charge in [0.25, 0.3) is 0 Å². The summed E-state index contributed by atoms with van der Waals surface area (Å²) >= 11 is 0. The summed E-state index contributed by atoms with van der Waals surface area (Å²) in [6.07, 6.45) is 12.0. The van der Waals surface area contributed by atoms with E-state index in [4.69, 9.17) is 0 Å². The van der Waals surface area contributed by atoms with Gasteiger partial charge >= 0.3 is 0 Å². The number of aromatic nitrogens is 1. The molecule has 1 N–H and O–H groups in total. The highest BCUT2D eigenvalue weighted by Crippen LogP contribution is 2.45. The van der Waals surface area contributed by atoms with Crippen molar-refractivity contribution in [3.05, 3.63) is 29.6 Å². The normalized spacial score (nSPS) is 20.2. The fourth-order valence-electron chi connectivity index (χ4n) is 3.44. The number of hydrogen-bond donors (Lipinski definition) is 1. The van der Waals surface area contributed by atoms with Crippen LogP contribution in [0.25, 0.3) is 0 Å². The first kappa shape index (κ1) is 14.5. The maximum Gasteiger partial charge on any atom is 0.0389 e. The molecule has 1 aromatic heterocycles. The monoisotopic (exact) mass is 260 g/mol. The fourth-order valence-corrected chi connectivity index (χ4v) is 3.44. The van der Waals surface area contributed by atoms with Gasteiger partial charge in [-0.15, -0.1) is 0 Å². The Kier molecular flexibility index (Phi) is 4.98. The zero-order valence-corrected chi connectivity index (χ0v) is 12.7. The van der Waals surface area contributed by atoms with E-state index < -0.39 is 0 Å². The minimum Gasteiger partial charge on any atom is -0.309 e. The van der Waals surface area contributed by atoms with Crippen LogP contribution in [0.15, 0.2) is 18.5 Å². The van der Waals surface area contributed by atoms with Gasteiger partial charge in [-0.3, -0.25) is 4.98 Å². The Balaban J connectivity index is 2.24. The average molecular weight is 260 g/mol. The molecule has 0 bridgehead atoms. The summed E-state index contributed by atoms with van der Waals surface area (Å²) in [5, 5.41) is 3.78. The quantitative estimate of drug-likeness (QED) is 0.848. The molecule has 0 radical (unpaired) electrons. The molecule has 106 valence electrons. The SMILES string of the molecule is CCCNC(c1cncc(C)c1)C1(C)CCCCC1. The van der Waals surface area contributed by atoms with Gasteiger partial charge in [-0.2, -0.15) is 0 Å². The molecule has 1 unspecified atom stereocenters. The Hall–Kier alpha value is -0.890. The summed E-state index contributed by atoms with van der Waals surface area (Å²) in [4.78, 5) is 4.40. The molecule has 1 fully saturated rings. The molecule has 19 heavy (non-hydrogen) atoms. The van der Waals surface area contributed by atoms with Crippen molar-refractivity contribution in [2.45, 2.75) is 65.3 Å². The lowest BCUT2D eigenvalue weighted by Crippen LogP contribution is -2.38. The Morgan fingerprint density at radius 3 is 2.63 bits per heavy atom. The molecule has 0 spiro atoms. The summed E-state index contributed by atoms with van der Waals surface area (Å²) in [6, 6.07) is 2.76. The minimum absolute atomic E-state index is 0.392. The predicted molar refractivity (Wildman–Crippen MR) is 81.2 cm³/mol. The standard InChI is InChI=1S/C17H28N2/c1-4-10-19-16(15-11-14(2)12-18-13-15)17(3)8-6-5-7-9-17/h11-13,16,19H,4-10H2,1-3H3. The van der Waals surface area contributed by atoms with Crippen LogP contribution in [0.2, 0.25) is 0 Å². The lowest BCUT2D eigenvalue weighted by Gasteiger charge is -2.41. The topological polar surface area (TPSA) is 24.9 Å². The van der Waals surface area contributed by atoms with Crippen LogP contribution < -0.4 is 5.32 Å². The van der Waals surface area contributed by atoms with Crippen molar-refractivity contribution in [3.8, 4) is 0 Å². The van der Waals surface area contributed by atoms with Crippen LogP contribution in [0.4, 0.5) is 0 Å². The summed E-state index contributed by atoms with van der Waals surface area (Å²) in [5.74, 6) is 0. The number of nitrogens with one attached hydrogen (secondary N) is 1. The molecule has 1 heterocycles. The zero-order chi connectivity index (χ0) is 13.7. The van der Waals surface area contributed by atoms with Crippen molar-refractivity contribution >= 4 is 0 Å². The Morgan fingerprint density at radius 1 is 1.26 bits per heavy atom. The van der Waals surface area contributed by atoms with E-state index in [0.717, 1.165) is 6.54 Å².